The van der Waals surface area contributed by atoms with Crippen molar-refractivity contribution in [2.75, 3.05) is 0 Å². The third-order valence-electron chi connectivity index (χ3n) is 2.73. The first-order chi connectivity index (χ1) is 9.04. The van der Waals surface area contributed by atoms with Gasteiger partial charge in [-0.2, -0.15) is 5.10 Å². The third kappa shape index (κ3) is 4.34. The lowest BCUT2D eigenvalue weighted by Gasteiger charge is -2.06. The molecule has 0 unspecified atom stereocenters. The van der Waals surface area contributed by atoms with Gasteiger partial charge in [0.05, 0.1) is 12.2 Å². The molecule has 0 amide bonds. The molecule has 3 nitrogen and oxygen atoms in total. The maximum Gasteiger partial charge on any atom is 0.0762 e. The van der Waals surface area contributed by atoms with Crippen LogP contribution in [0.4, 0.5) is 0 Å². The van der Waals surface area contributed by atoms with Gasteiger partial charge in [-0.25, -0.2) is 0 Å². The maximum atomic E-state index is 6.21. The number of aromatic nitrogens is 2. The highest BCUT2D eigenvalue weighted by molar-refractivity contribution is 9.10. The Bertz CT molecular complexity index is 551. The van der Waals surface area contributed by atoms with Crippen LogP contribution in [-0.4, -0.2) is 15.8 Å². The van der Waals surface area contributed by atoms with Crippen LogP contribution in [0.3, 0.4) is 0 Å². The molecule has 0 saturated heterocycles. The van der Waals surface area contributed by atoms with E-state index in [2.05, 4.69) is 40.2 Å². The van der Waals surface area contributed by atoms with Gasteiger partial charge in [0, 0.05) is 28.3 Å². The lowest BCUT2D eigenvalue weighted by molar-refractivity contribution is 0.570. The molecule has 2 aromatic rings. The molecule has 102 valence electrons. The first-order valence-electron chi connectivity index (χ1n) is 6.24. The predicted octanol–water partition coefficient (Wildman–Crippen LogP) is 3.85. The van der Waals surface area contributed by atoms with Gasteiger partial charge in [-0.15, -0.1) is 0 Å². The number of nitrogens with zero attached hydrogens (tertiary/aromatic N) is 2. The minimum absolute atomic E-state index is 0.464. The normalized spacial score (nSPS) is 11.2. The second kappa shape index (κ2) is 6.55. The summed E-state index contributed by atoms with van der Waals surface area (Å²) in [6, 6.07) is 8.40. The Hall–Kier alpha value is -0.840. The molecule has 5 heteroatoms. The first-order valence-corrected chi connectivity index (χ1v) is 7.41. The number of halogens is 2. The third-order valence-corrected chi connectivity index (χ3v) is 3.58. The van der Waals surface area contributed by atoms with Crippen molar-refractivity contribution in [3.05, 3.63) is 51.2 Å². The van der Waals surface area contributed by atoms with Crippen molar-refractivity contribution in [3.8, 4) is 0 Å². The molecular weight excluding hydrogens is 326 g/mol. The maximum absolute atomic E-state index is 6.21. The fourth-order valence-electron chi connectivity index (χ4n) is 1.72. The van der Waals surface area contributed by atoms with Crippen molar-refractivity contribution in [1.82, 2.24) is 15.1 Å². The molecule has 0 aliphatic carbocycles. The van der Waals surface area contributed by atoms with Crippen molar-refractivity contribution in [1.29, 1.82) is 0 Å². The summed E-state index contributed by atoms with van der Waals surface area (Å²) in [5.41, 5.74) is 2.11. The van der Waals surface area contributed by atoms with Crippen LogP contribution in [-0.2, 0) is 13.1 Å². The summed E-state index contributed by atoms with van der Waals surface area (Å²) in [7, 11) is 0. The molecule has 0 radical (unpaired) electrons. The fraction of sp³-hybridized carbons (Fsp3) is 0.357. The van der Waals surface area contributed by atoms with Crippen molar-refractivity contribution >= 4 is 27.5 Å². The van der Waals surface area contributed by atoms with Gasteiger partial charge in [-0.1, -0.05) is 47.4 Å². The van der Waals surface area contributed by atoms with Crippen molar-refractivity contribution in [3.63, 3.8) is 0 Å². The summed E-state index contributed by atoms with van der Waals surface area (Å²) in [6.07, 6.45) is 1.98. The van der Waals surface area contributed by atoms with E-state index in [9.17, 15) is 0 Å². The van der Waals surface area contributed by atoms with E-state index in [1.54, 1.807) is 0 Å². The summed E-state index contributed by atoms with van der Waals surface area (Å²) in [5, 5.41) is 8.63. The Labute approximate surface area is 127 Å². The molecule has 0 atom stereocenters. The lowest BCUT2D eigenvalue weighted by Crippen LogP contribution is -2.22. The van der Waals surface area contributed by atoms with E-state index >= 15 is 0 Å². The van der Waals surface area contributed by atoms with E-state index in [0.717, 1.165) is 27.3 Å². The van der Waals surface area contributed by atoms with E-state index < -0.39 is 0 Å². The molecule has 1 N–H and O–H groups in total. The summed E-state index contributed by atoms with van der Waals surface area (Å²) in [6.45, 7) is 5.73. The van der Waals surface area contributed by atoms with Crippen LogP contribution >= 0.6 is 27.5 Å². The van der Waals surface area contributed by atoms with E-state index in [0.29, 0.717) is 12.6 Å². The van der Waals surface area contributed by atoms with Gasteiger partial charge in [0.25, 0.3) is 0 Å². The Kier molecular flexibility index (Phi) is 5.02. The summed E-state index contributed by atoms with van der Waals surface area (Å²) >= 11 is 9.61. The summed E-state index contributed by atoms with van der Waals surface area (Å²) < 4.78 is 2.90. The second-order valence-corrected chi connectivity index (χ2v) is 6.10. The highest BCUT2D eigenvalue weighted by Crippen LogP contribution is 2.22. The van der Waals surface area contributed by atoms with Crippen LogP contribution in [0.1, 0.15) is 25.1 Å². The summed E-state index contributed by atoms with van der Waals surface area (Å²) in [5.74, 6) is 0. The average molecular weight is 343 g/mol. The van der Waals surface area contributed by atoms with E-state index in [4.69, 9.17) is 11.6 Å². The highest BCUT2D eigenvalue weighted by atomic mass is 79.9. The first kappa shape index (κ1) is 14.6. The molecule has 1 aromatic heterocycles. The second-order valence-electron chi connectivity index (χ2n) is 4.78. The molecule has 19 heavy (non-hydrogen) atoms. The SMILES string of the molecule is CC(C)NCc1ccn(Cc2ccc(Br)cc2Cl)n1. The van der Waals surface area contributed by atoms with Crippen LogP contribution in [0, 0.1) is 0 Å². The van der Waals surface area contributed by atoms with Crippen LogP contribution < -0.4 is 5.32 Å². The van der Waals surface area contributed by atoms with Gasteiger partial charge in [0.2, 0.25) is 0 Å². The van der Waals surface area contributed by atoms with Crippen LogP contribution in [0.15, 0.2) is 34.9 Å². The van der Waals surface area contributed by atoms with Gasteiger partial charge in [0.15, 0.2) is 0 Å². The van der Waals surface area contributed by atoms with Crippen LogP contribution in [0.5, 0.6) is 0 Å². The number of hydrogen-bond acceptors (Lipinski definition) is 2. The molecule has 1 heterocycles. The number of benzene rings is 1. The topological polar surface area (TPSA) is 29.9 Å². The zero-order chi connectivity index (χ0) is 13.8. The van der Waals surface area contributed by atoms with Crippen molar-refractivity contribution < 1.29 is 0 Å². The molecule has 0 spiro atoms. The fourth-order valence-corrected chi connectivity index (χ4v) is 2.45. The van der Waals surface area contributed by atoms with Crippen LogP contribution in [0.2, 0.25) is 5.02 Å². The Morgan fingerprint density at radius 1 is 1.37 bits per heavy atom. The average Bonchev–Trinajstić information content (AvgIpc) is 2.78. The Morgan fingerprint density at radius 3 is 2.84 bits per heavy atom. The highest BCUT2D eigenvalue weighted by Gasteiger charge is 2.04. The molecule has 0 aliphatic rings. The molecule has 0 saturated carbocycles. The summed E-state index contributed by atoms with van der Waals surface area (Å²) in [4.78, 5) is 0. The molecule has 0 aliphatic heterocycles. The van der Waals surface area contributed by atoms with Gasteiger partial charge < -0.3 is 5.32 Å². The van der Waals surface area contributed by atoms with Crippen molar-refractivity contribution in [2.45, 2.75) is 33.0 Å². The molecular formula is C14H17BrClN3. The molecule has 0 fully saturated rings. The van der Waals surface area contributed by atoms with Crippen LogP contribution in [0.25, 0.3) is 0 Å². The minimum Gasteiger partial charge on any atom is -0.309 e. The predicted molar refractivity (Wildman–Crippen MR) is 82.5 cm³/mol. The van der Waals surface area contributed by atoms with E-state index in [-0.39, 0.29) is 0 Å². The largest absolute Gasteiger partial charge is 0.309 e. The molecule has 2 rings (SSSR count). The van der Waals surface area contributed by atoms with Gasteiger partial charge in [0.1, 0.15) is 0 Å². The standard InChI is InChI=1S/C14H17BrClN3/c1-10(2)17-8-13-5-6-19(18-13)9-11-3-4-12(15)7-14(11)16/h3-7,10,17H,8-9H2,1-2H3. The number of hydrogen-bond donors (Lipinski definition) is 1. The van der Waals surface area contributed by atoms with Gasteiger partial charge in [-0.3, -0.25) is 4.68 Å². The van der Waals surface area contributed by atoms with Gasteiger partial charge in [-0.05, 0) is 23.8 Å². The zero-order valence-corrected chi connectivity index (χ0v) is 13.4. The zero-order valence-electron chi connectivity index (χ0n) is 11.0. The molecule has 1 aromatic carbocycles. The number of nitrogens with one attached hydrogen (secondary N) is 1. The lowest BCUT2D eigenvalue weighted by atomic mass is 10.2. The monoisotopic (exact) mass is 341 g/mol. The Morgan fingerprint density at radius 2 is 2.16 bits per heavy atom. The van der Waals surface area contributed by atoms with E-state index in [1.165, 1.54) is 0 Å². The number of rotatable bonds is 5. The van der Waals surface area contributed by atoms with Crippen molar-refractivity contribution in [2.24, 2.45) is 0 Å². The Balaban J connectivity index is 2.03. The van der Waals surface area contributed by atoms with Gasteiger partial charge >= 0.3 is 0 Å². The minimum atomic E-state index is 0.464. The molecule has 0 bridgehead atoms. The smallest absolute Gasteiger partial charge is 0.0762 e. The quantitative estimate of drug-likeness (QED) is 0.894. The van der Waals surface area contributed by atoms with E-state index in [1.807, 2.05) is 35.1 Å².